The van der Waals surface area contributed by atoms with Crippen molar-refractivity contribution < 1.29 is 14.2 Å². The molecule has 11 nitrogen and oxygen atoms in total. The van der Waals surface area contributed by atoms with Crippen molar-refractivity contribution in [2.75, 3.05) is 48.3 Å². The molecule has 0 spiro atoms. The summed E-state index contributed by atoms with van der Waals surface area (Å²) in [4.78, 5) is 35.8. The summed E-state index contributed by atoms with van der Waals surface area (Å²) >= 11 is 0. The van der Waals surface area contributed by atoms with Gasteiger partial charge in [-0.05, 0) is 16.4 Å². The lowest BCUT2D eigenvalue weighted by Gasteiger charge is -2.34. The third-order valence-corrected chi connectivity index (χ3v) is 3.62. The minimum atomic E-state index is -0.328. The predicted molar refractivity (Wildman–Crippen MR) is 87.9 cm³/mol. The lowest BCUT2D eigenvalue weighted by atomic mass is 10.3. The van der Waals surface area contributed by atoms with Crippen LogP contribution in [0.3, 0.4) is 0 Å². The molecule has 2 aromatic heterocycles. The molecule has 0 aliphatic carbocycles. The molecule has 0 saturated carbocycles. The van der Waals surface area contributed by atoms with Crippen molar-refractivity contribution in [3.63, 3.8) is 0 Å². The zero-order valence-corrected chi connectivity index (χ0v) is 13.7. The van der Waals surface area contributed by atoms with E-state index in [0.29, 0.717) is 19.0 Å². The summed E-state index contributed by atoms with van der Waals surface area (Å²) < 4.78 is 4.54. The zero-order valence-electron chi connectivity index (χ0n) is 13.7. The van der Waals surface area contributed by atoms with Crippen LogP contribution >= 0.6 is 0 Å². The molecule has 2 N–H and O–H groups in total. The van der Waals surface area contributed by atoms with Crippen molar-refractivity contribution in [3.8, 4) is 0 Å². The number of amides is 2. The van der Waals surface area contributed by atoms with E-state index < -0.39 is 0 Å². The van der Waals surface area contributed by atoms with E-state index in [9.17, 15) is 9.59 Å². The fourth-order valence-electron chi connectivity index (χ4n) is 2.45. The Bertz CT molecular complexity index is 727. The Morgan fingerprint density at radius 1 is 1.08 bits per heavy atom. The van der Waals surface area contributed by atoms with Gasteiger partial charge in [-0.15, -0.1) is 0 Å². The first kappa shape index (κ1) is 16.8. The van der Waals surface area contributed by atoms with Gasteiger partial charge >= 0.3 is 0 Å². The van der Waals surface area contributed by atoms with Crippen LogP contribution in [0.2, 0.25) is 0 Å². The lowest BCUT2D eigenvalue weighted by molar-refractivity contribution is -0.117. The van der Waals surface area contributed by atoms with Crippen molar-refractivity contribution in [3.05, 3.63) is 18.5 Å². The molecule has 11 heteroatoms. The van der Waals surface area contributed by atoms with E-state index in [1.54, 1.807) is 18.5 Å². The van der Waals surface area contributed by atoms with Crippen molar-refractivity contribution in [2.24, 2.45) is 0 Å². The van der Waals surface area contributed by atoms with Gasteiger partial charge in [0.05, 0.1) is 6.54 Å². The quantitative estimate of drug-likeness (QED) is 0.741. The van der Waals surface area contributed by atoms with Gasteiger partial charge in [-0.1, -0.05) is 0 Å². The van der Waals surface area contributed by atoms with Crippen molar-refractivity contribution >= 4 is 29.4 Å². The number of nitrogens with zero attached hydrogens (tertiary/aromatic N) is 6. The molecule has 0 aromatic carbocycles. The fraction of sp³-hybridized carbons (Fsp3) is 0.429. The van der Waals surface area contributed by atoms with Crippen molar-refractivity contribution in [2.45, 2.75) is 6.92 Å². The van der Waals surface area contributed by atoms with Crippen molar-refractivity contribution in [1.29, 1.82) is 0 Å². The van der Waals surface area contributed by atoms with Gasteiger partial charge in [0, 0.05) is 45.5 Å². The summed E-state index contributed by atoms with van der Waals surface area (Å²) in [6, 6.07) is 1.78. The van der Waals surface area contributed by atoms with Crippen LogP contribution in [-0.2, 0) is 9.59 Å². The number of hydrogen-bond donors (Lipinski definition) is 2. The molecule has 3 rings (SSSR count). The second kappa shape index (κ2) is 7.66. The fourth-order valence-corrected chi connectivity index (χ4v) is 2.45. The highest BCUT2D eigenvalue weighted by Gasteiger charge is 2.21. The highest BCUT2D eigenvalue weighted by Crippen LogP contribution is 2.15. The van der Waals surface area contributed by atoms with Crippen LogP contribution in [0.5, 0.6) is 0 Å². The van der Waals surface area contributed by atoms with E-state index in [0.717, 1.165) is 13.1 Å². The van der Waals surface area contributed by atoms with Gasteiger partial charge in [-0.3, -0.25) is 14.5 Å². The SMILES string of the molecule is CC(=O)Nc1nonc1NC(=O)CN1CCN(c2ncccn2)CC1. The predicted octanol–water partition coefficient (Wildman–Crippen LogP) is -0.421. The standard InChI is InChI=1S/C14H18N8O3/c1-10(23)17-12-13(20-25-19-12)18-11(24)9-21-5-7-22(8-6-21)14-15-3-2-4-16-14/h2-4H,5-9H2,1H3,(H,17,19,23)(H,18,20,24). The van der Waals surface area contributed by atoms with E-state index in [1.165, 1.54) is 6.92 Å². The smallest absolute Gasteiger partial charge is 0.239 e. The van der Waals surface area contributed by atoms with Crippen LogP contribution in [0, 0.1) is 0 Å². The molecule has 0 atom stereocenters. The minimum absolute atomic E-state index is 0.0897. The van der Waals surface area contributed by atoms with Gasteiger partial charge in [-0.25, -0.2) is 14.6 Å². The van der Waals surface area contributed by atoms with Crippen molar-refractivity contribution in [1.82, 2.24) is 25.2 Å². The van der Waals surface area contributed by atoms with Crippen LogP contribution in [0.1, 0.15) is 6.92 Å². The van der Waals surface area contributed by atoms with Gasteiger partial charge in [-0.2, -0.15) is 0 Å². The van der Waals surface area contributed by atoms with E-state index in [-0.39, 0.29) is 30.0 Å². The maximum absolute atomic E-state index is 12.2. The molecule has 1 fully saturated rings. The lowest BCUT2D eigenvalue weighted by Crippen LogP contribution is -2.49. The highest BCUT2D eigenvalue weighted by atomic mass is 16.6. The van der Waals surface area contributed by atoms with Gasteiger partial charge in [0.1, 0.15) is 0 Å². The molecular formula is C14H18N8O3. The Morgan fingerprint density at radius 3 is 2.36 bits per heavy atom. The van der Waals surface area contributed by atoms with Gasteiger partial charge < -0.3 is 15.5 Å². The molecule has 1 aliphatic rings. The largest absolute Gasteiger partial charge is 0.338 e. The summed E-state index contributed by atoms with van der Waals surface area (Å²) in [7, 11) is 0. The average Bonchev–Trinajstić information content (AvgIpc) is 3.02. The maximum atomic E-state index is 12.2. The first-order chi connectivity index (χ1) is 12.1. The Kier molecular flexibility index (Phi) is 5.14. The number of rotatable bonds is 5. The van der Waals surface area contributed by atoms with Crippen LogP contribution in [0.4, 0.5) is 17.6 Å². The third-order valence-electron chi connectivity index (χ3n) is 3.62. The Morgan fingerprint density at radius 2 is 1.72 bits per heavy atom. The second-order valence-electron chi connectivity index (χ2n) is 5.50. The first-order valence-corrected chi connectivity index (χ1v) is 7.76. The summed E-state index contributed by atoms with van der Waals surface area (Å²) in [6.07, 6.45) is 3.42. The molecule has 2 amide bonds. The number of piperazine rings is 1. The summed E-state index contributed by atoms with van der Waals surface area (Å²) in [5.41, 5.74) is 0. The zero-order chi connectivity index (χ0) is 17.6. The Labute approximate surface area is 143 Å². The third kappa shape index (κ3) is 4.47. The summed E-state index contributed by atoms with van der Waals surface area (Å²) in [5.74, 6) is 0.292. The molecule has 25 heavy (non-hydrogen) atoms. The number of hydrogen-bond acceptors (Lipinski definition) is 9. The molecule has 0 bridgehead atoms. The van der Waals surface area contributed by atoms with E-state index in [4.69, 9.17) is 0 Å². The van der Waals surface area contributed by atoms with Crippen LogP contribution in [0.25, 0.3) is 0 Å². The number of carbonyl (C=O) groups excluding carboxylic acids is 2. The molecule has 3 heterocycles. The molecule has 0 unspecified atom stereocenters. The van der Waals surface area contributed by atoms with Crippen LogP contribution in [0.15, 0.2) is 23.1 Å². The number of aromatic nitrogens is 4. The summed E-state index contributed by atoms with van der Waals surface area (Å²) in [5, 5.41) is 12.1. The monoisotopic (exact) mass is 346 g/mol. The van der Waals surface area contributed by atoms with E-state index >= 15 is 0 Å². The minimum Gasteiger partial charge on any atom is -0.338 e. The molecular weight excluding hydrogens is 328 g/mol. The molecule has 1 aliphatic heterocycles. The van der Waals surface area contributed by atoms with Crippen LogP contribution in [-0.4, -0.2) is 69.7 Å². The summed E-state index contributed by atoms with van der Waals surface area (Å²) in [6.45, 7) is 4.43. The molecule has 0 radical (unpaired) electrons. The topological polar surface area (TPSA) is 129 Å². The average molecular weight is 346 g/mol. The Balaban J connectivity index is 1.48. The first-order valence-electron chi connectivity index (χ1n) is 7.76. The highest BCUT2D eigenvalue weighted by molar-refractivity contribution is 5.97. The number of carbonyl (C=O) groups is 2. The van der Waals surface area contributed by atoms with E-state index in [2.05, 4.69) is 40.4 Å². The molecule has 2 aromatic rings. The van der Waals surface area contributed by atoms with Gasteiger partial charge in [0.15, 0.2) is 0 Å². The molecule has 132 valence electrons. The maximum Gasteiger partial charge on any atom is 0.239 e. The normalized spacial score (nSPS) is 15.0. The van der Waals surface area contributed by atoms with Crippen LogP contribution < -0.4 is 15.5 Å². The van der Waals surface area contributed by atoms with Gasteiger partial charge in [0.25, 0.3) is 0 Å². The Hall–Kier alpha value is -3.08. The van der Waals surface area contributed by atoms with E-state index in [1.807, 2.05) is 4.90 Å². The number of nitrogens with one attached hydrogen (secondary N) is 2. The van der Waals surface area contributed by atoms with Gasteiger partial charge in [0.2, 0.25) is 29.4 Å². The molecule has 1 saturated heterocycles. The number of anilines is 3. The second-order valence-corrected chi connectivity index (χ2v) is 5.50.